The lowest BCUT2D eigenvalue weighted by Gasteiger charge is -2.47. The van der Waals surface area contributed by atoms with Crippen molar-refractivity contribution in [2.75, 3.05) is 32.8 Å². The second kappa shape index (κ2) is 6.33. The maximum atomic E-state index is 10.6. The highest BCUT2D eigenvalue weighted by Crippen LogP contribution is 2.39. The second-order valence-electron chi connectivity index (χ2n) is 5.87. The van der Waals surface area contributed by atoms with Crippen molar-refractivity contribution in [1.29, 1.82) is 0 Å². The van der Waals surface area contributed by atoms with E-state index in [4.69, 9.17) is 4.74 Å². The zero-order chi connectivity index (χ0) is 13.0. The van der Waals surface area contributed by atoms with Gasteiger partial charge in [-0.15, -0.1) is 0 Å². The van der Waals surface area contributed by atoms with Crippen molar-refractivity contribution in [3.63, 3.8) is 0 Å². The quantitative estimate of drug-likeness (QED) is 0.772. The van der Waals surface area contributed by atoms with Crippen LogP contribution in [0.25, 0.3) is 0 Å². The number of aliphatic hydroxyl groups is 2. The van der Waals surface area contributed by atoms with E-state index in [2.05, 4.69) is 4.90 Å². The zero-order valence-electron chi connectivity index (χ0n) is 11.5. The van der Waals surface area contributed by atoms with Crippen LogP contribution in [0.1, 0.15) is 39.0 Å². The Labute approximate surface area is 110 Å². The summed E-state index contributed by atoms with van der Waals surface area (Å²) in [5.74, 6) is 0.402. The van der Waals surface area contributed by atoms with Gasteiger partial charge in [0.05, 0.1) is 18.3 Å². The Hall–Kier alpha value is -0.160. The number of hydrogen-bond donors (Lipinski definition) is 2. The molecule has 4 nitrogen and oxygen atoms in total. The van der Waals surface area contributed by atoms with Gasteiger partial charge in [0, 0.05) is 32.2 Å². The van der Waals surface area contributed by atoms with Crippen LogP contribution in [0.5, 0.6) is 0 Å². The highest BCUT2D eigenvalue weighted by molar-refractivity contribution is 4.95. The van der Waals surface area contributed by atoms with E-state index in [-0.39, 0.29) is 0 Å². The van der Waals surface area contributed by atoms with Crippen molar-refractivity contribution in [1.82, 2.24) is 4.90 Å². The first-order valence-electron chi connectivity index (χ1n) is 7.34. The van der Waals surface area contributed by atoms with Gasteiger partial charge in [-0.3, -0.25) is 0 Å². The van der Waals surface area contributed by atoms with Crippen LogP contribution >= 0.6 is 0 Å². The van der Waals surface area contributed by atoms with Crippen LogP contribution in [-0.2, 0) is 4.74 Å². The topological polar surface area (TPSA) is 52.9 Å². The van der Waals surface area contributed by atoms with Crippen molar-refractivity contribution in [3.05, 3.63) is 0 Å². The van der Waals surface area contributed by atoms with E-state index in [0.717, 1.165) is 32.4 Å². The monoisotopic (exact) mass is 257 g/mol. The van der Waals surface area contributed by atoms with Crippen molar-refractivity contribution in [3.8, 4) is 0 Å². The van der Waals surface area contributed by atoms with Crippen LogP contribution in [0.15, 0.2) is 0 Å². The number of piperidine rings is 1. The molecule has 1 aliphatic carbocycles. The third-order valence-corrected chi connectivity index (χ3v) is 4.50. The Kier molecular flexibility index (Phi) is 5.01. The summed E-state index contributed by atoms with van der Waals surface area (Å²) in [6, 6.07) is 0. The molecule has 106 valence electrons. The molecule has 0 aromatic heterocycles. The average Bonchev–Trinajstić information content (AvgIpc) is 2.36. The van der Waals surface area contributed by atoms with Gasteiger partial charge in [0.25, 0.3) is 0 Å². The van der Waals surface area contributed by atoms with Gasteiger partial charge in [0.2, 0.25) is 0 Å². The van der Waals surface area contributed by atoms with E-state index >= 15 is 0 Å². The summed E-state index contributed by atoms with van der Waals surface area (Å²) in [7, 11) is 0. The minimum Gasteiger partial charge on any atom is -0.390 e. The van der Waals surface area contributed by atoms with Gasteiger partial charge in [-0.25, -0.2) is 0 Å². The molecule has 2 rings (SSSR count). The summed E-state index contributed by atoms with van der Waals surface area (Å²) >= 11 is 0. The molecular formula is C14H27NO3. The Balaban J connectivity index is 1.79. The Morgan fingerprint density at radius 1 is 1.39 bits per heavy atom. The molecule has 2 fully saturated rings. The molecule has 0 aromatic rings. The number of β-amino-alcohol motifs (C(OH)–C–C–N with tert-alkyl or cyclic N) is 1. The molecular weight excluding hydrogens is 230 g/mol. The molecule has 1 aliphatic heterocycles. The lowest BCUT2D eigenvalue weighted by molar-refractivity contribution is -0.102. The van der Waals surface area contributed by atoms with Gasteiger partial charge in [-0.05, 0) is 26.2 Å². The fraction of sp³-hybridized carbons (Fsp3) is 1.00. The second-order valence-corrected chi connectivity index (χ2v) is 5.87. The normalized spacial score (nSPS) is 35.2. The molecule has 0 amide bonds. The predicted octanol–water partition coefficient (Wildman–Crippen LogP) is 1.01. The van der Waals surface area contributed by atoms with Crippen molar-refractivity contribution in [2.45, 2.75) is 50.7 Å². The van der Waals surface area contributed by atoms with Crippen LogP contribution in [0.3, 0.4) is 0 Å². The third-order valence-electron chi connectivity index (χ3n) is 4.50. The summed E-state index contributed by atoms with van der Waals surface area (Å²) in [5, 5.41) is 20.4. The van der Waals surface area contributed by atoms with Gasteiger partial charge in [0.15, 0.2) is 0 Å². The fourth-order valence-electron chi connectivity index (χ4n) is 3.41. The molecule has 3 atom stereocenters. The first kappa shape index (κ1) is 14.3. The van der Waals surface area contributed by atoms with Gasteiger partial charge in [-0.1, -0.05) is 12.8 Å². The van der Waals surface area contributed by atoms with Gasteiger partial charge >= 0.3 is 0 Å². The maximum Gasteiger partial charge on any atom is 0.0900 e. The molecule has 2 N–H and O–H groups in total. The molecule has 1 heterocycles. The lowest BCUT2D eigenvalue weighted by atomic mass is 9.71. The van der Waals surface area contributed by atoms with Gasteiger partial charge < -0.3 is 19.8 Å². The van der Waals surface area contributed by atoms with E-state index in [9.17, 15) is 10.2 Å². The highest BCUT2D eigenvalue weighted by atomic mass is 16.5. The minimum atomic E-state index is -0.417. The molecule has 1 saturated carbocycles. The Morgan fingerprint density at radius 3 is 3.00 bits per heavy atom. The van der Waals surface area contributed by atoms with Crippen molar-refractivity contribution < 1.29 is 14.9 Å². The summed E-state index contributed by atoms with van der Waals surface area (Å²) in [5.41, 5.74) is -0.417. The molecule has 1 saturated heterocycles. The maximum absolute atomic E-state index is 10.6. The minimum absolute atomic E-state index is 0.402. The SMILES string of the molecule is CCOCC(O)CN1CCC2(O)CCCCC2C1. The standard InChI is InChI=1S/C14H27NO3/c1-2-18-11-13(16)10-15-8-7-14(17)6-4-3-5-12(14)9-15/h12-13,16-17H,2-11H2,1H3. The first-order chi connectivity index (χ1) is 8.64. The first-order valence-corrected chi connectivity index (χ1v) is 7.34. The van der Waals surface area contributed by atoms with Crippen LogP contribution in [-0.4, -0.2) is 59.7 Å². The number of aliphatic hydroxyl groups excluding tert-OH is 1. The number of likely N-dealkylation sites (tertiary alicyclic amines) is 1. The summed E-state index contributed by atoms with van der Waals surface area (Å²) in [6.45, 7) is 5.51. The molecule has 3 unspecified atom stereocenters. The molecule has 0 spiro atoms. The van der Waals surface area contributed by atoms with Crippen LogP contribution in [0.4, 0.5) is 0 Å². The number of fused-ring (bicyclic) bond motifs is 1. The third kappa shape index (κ3) is 3.44. The van der Waals surface area contributed by atoms with Gasteiger partial charge in [-0.2, -0.15) is 0 Å². The van der Waals surface area contributed by atoms with Crippen LogP contribution < -0.4 is 0 Å². The van der Waals surface area contributed by atoms with Gasteiger partial charge in [0.1, 0.15) is 0 Å². The predicted molar refractivity (Wildman–Crippen MR) is 70.5 cm³/mol. The van der Waals surface area contributed by atoms with E-state index < -0.39 is 11.7 Å². The summed E-state index contributed by atoms with van der Waals surface area (Å²) in [6.07, 6.45) is 4.96. The van der Waals surface area contributed by atoms with E-state index in [1.165, 1.54) is 12.8 Å². The largest absolute Gasteiger partial charge is 0.390 e. The average molecular weight is 257 g/mol. The van der Waals surface area contributed by atoms with Crippen molar-refractivity contribution >= 4 is 0 Å². The molecule has 2 aliphatic rings. The van der Waals surface area contributed by atoms with Crippen molar-refractivity contribution in [2.24, 2.45) is 5.92 Å². The number of rotatable bonds is 5. The summed E-state index contributed by atoms with van der Waals surface area (Å²) in [4.78, 5) is 2.29. The molecule has 0 radical (unpaired) electrons. The molecule has 18 heavy (non-hydrogen) atoms. The van der Waals surface area contributed by atoms with E-state index in [1.54, 1.807) is 0 Å². The number of ether oxygens (including phenoxy) is 1. The summed E-state index contributed by atoms with van der Waals surface area (Å²) < 4.78 is 5.24. The number of hydrogen-bond acceptors (Lipinski definition) is 4. The van der Waals surface area contributed by atoms with E-state index in [0.29, 0.717) is 25.7 Å². The van der Waals surface area contributed by atoms with E-state index in [1.807, 2.05) is 6.92 Å². The zero-order valence-corrected chi connectivity index (χ0v) is 11.5. The molecule has 4 heteroatoms. The molecule has 0 bridgehead atoms. The van der Waals surface area contributed by atoms with Crippen LogP contribution in [0.2, 0.25) is 0 Å². The molecule has 0 aromatic carbocycles. The lowest BCUT2D eigenvalue weighted by Crippen LogP contribution is -2.54. The smallest absolute Gasteiger partial charge is 0.0900 e. The Morgan fingerprint density at radius 2 is 2.22 bits per heavy atom. The fourth-order valence-corrected chi connectivity index (χ4v) is 3.41. The van der Waals surface area contributed by atoms with Crippen LogP contribution in [0, 0.1) is 5.92 Å². The highest BCUT2D eigenvalue weighted by Gasteiger charge is 2.42. The number of nitrogens with zero attached hydrogens (tertiary/aromatic N) is 1. The Bertz CT molecular complexity index is 261.